The fraction of sp³-hybridized carbons (Fsp3) is 0.930. The summed E-state index contributed by atoms with van der Waals surface area (Å²) in [5.41, 5.74) is 2.47. The maximum atomic E-state index is 11.3. The van der Waals surface area contributed by atoms with Gasteiger partial charge in [-0.05, 0) is 237 Å². The van der Waals surface area contributed by atoms with Gasteiger partial charge in [0.1, 0.15) is 11.7 Å². The highest BCUT2D eigenvalue weighted by atomic mass is 16.5. The maximum Gasteiger partial charge on any atom is 0.306 e. The smallest absolute Gasteiger partial charge is 0.306 e. The van der Waals surface area contributed by atoms with E-state index in [1.54, 1.807) is 5.94 Å². The number of carbonyl (C=O) groups excluding carboxylic acids is 2. The molecule has 19 nitrogen and oxygen atoms in total. The third-order valence-electron chi connectivity index (χ3n) is 16.4. The number of nitrogens with two attached hydrogens (primary N) is 1. The van der Waals surface area contributed by atoms with Gasteiger partial charge in [0.25, 0.3) is 0 Å². The number of hydroxylamine groups is 12. The normalized spacial score (nSPS) is 28.7. The number of nitrogens with zero attached hydrogens (tertiary/aromatic N) is 6. The molecule has 0 saturated carbocycles. The van der Waals surface area contributed by atoms with E-state index in [2.05, 4.69) is 33.0 Å². The number of aliphatic hydroxyl groups excluding tert-OH is 1. The van der Waals surface area contributed by atoms with Gasteiger partial charge in [-0.15, -0.1) is 0 Å². The van der Waals surface area contributed by atoms with Crippen molar-refractivity contribution in [1.82, 2.24) is 35.7 Å². The first-order valence-corrected chi connectivity index (χ1v) is 27.7. The molecule has 0 bridgehead atoms. The van der Waals surface area contributed by atoms with Crippen LogP contribution in [0.15, 0.2) is 6.20 Å². The molecule has 0 aromatic rings. The Morgan fingerprint density at radius 3 is 1.03 bits per heavy atom. The molecule has 6 saturated heterocycles. The van der Waals surface area contributed by atoms with Crippen molar-refractivity contribution in [2.24, 2.45) is 11.7 Å². The van der Waals surface area contributed by atoms with E-state index in [0.29, 0.717) is 38.5 Å². The highest BCUT2D eigenvalue weighted by molar-refractivity contribution is 5.81. The second-order valence-corrected chi connectivity index (χ2v) is 30.6. The Morgan fingerprint density at radius 1 is 0.474 bits per heavy atom. The molecular formula is C57H114N8O11. The molecule has 6 heterocycles. The molecule has 6 aliphatic rings. The third kappa shape index (κ3) is 19.5. The number of carbonyl (C=O) groups is 2. The summed E-state index contributed by atoms with van der Waals surface area (Å²) in [6, 6.07) is 0.415. The van der Waals surface area contributed by atoms with Crippen molar-refractivity contribution in [3.63, 3.8) is 0 Å². The SMILES string of the molecule is CC1(C)CC(=O)CC(C)(C)N1O.CC1(C)CC(C(=O)O)CC(C)(C)N1O.CC1(C)CC(N)CC(C)(C)N1O.CC1(C)CC(NC=C=O)CC(C)(C)N1O.CC1(C)CC(O)CC(C)(C)N1O.CC1(C)CCCC(C)(C)N1O. The quantitative estimate of drug-likeness (QED) is 0.118. The van der Waals surface area contributed by atoms with E-state index in [1.807, 2.05) is 138 Å². The molecule has 6 fully saturated rings. The predicted molar refractivity (Wildman–Crippen MR) is 298 cm³/mol. The third-order valence-corrected chi connectivity index (χ3v) is 16.4. The summed E-state index contributed by atoms with van der Waals surface area (Å²) >= 11 is 0. The lowest BCUT2D eigenvalue weighted by Crippen LogP contribution is -2.62. The van der Waals surface area contributed by atoms with E-state index in [4.69, 9.17) is 10.8 Å². The van der Waals surface area contributed by atoms with Crippen molar-refractivity contribution >= 4 is 17.7 Å². The second-order valence-electron chi connectivity index (χ2n) is 30.6. The second kappa shape index (κ2) is 25.3. The van der Waals surface area contributed by atoms with E-state index >= 15 is 0 Å². The number of aliphatic hydroxyl groups is 1. The van der Waals surface area contributed by atoms with Crippen LogP contribution in [0.25, 0.3) is 0 Å². The minimum atomic E-state index is -0.765. The molecule has 19 heteroatoms. The molecule has 0 unspecified atom stereocenters. The number of Topliss-reactive ketones (excluding diaryl/α,β-unsaturated/α-hetero) is 1. The lowest BCUT2D eigenvalue weighted by atomic mass is 9.75. The molecule has 6 aliphatic heterocycles. The summed E-state index contributed by atoms with van der Waals surface area (Å²) in [5, 5.41) is 89.1. The van der Waals surface area contributed by atoms with Crippen LogP contribution in [-0.4, -0.2) is 174 Å². The number of nitrogens with one attached hydrogen (secondary N) is 1. The zero-order chi connectivity index (χ0) is 60.2. The number of hydrogen-bond donors (Lipinski definition) is 10. The number of piperidine rings is 6. The molecule has 0 aromatic carbocycles. The molecule has 6 rings (SSSR count). The van der Waals surface area contributed by atoms with Crippen LogP contribution in [0, 0.1) is 5.92 Å². The zero-order valence-electron chi connectivity index (χ0n) is 52.1. The van der Waals surface area contributed by atoms with Gasteiger partial charge in [-0.25, -0.2) is 4.79 Å². The van der Waals surface area contributed by atoms with E-state index in [0.717, 1.165) is 38.5 Å². The highest BCUT2D eigenvalue weighted by Gasteiger charge is 2.49. The largest absolute Gasteiger partial charge is 0.481 e. The van der Waals surface area contributed by atoms with E-state index < -0.39 is 28.1 Å². The van der Waals surface area contributed by atoms with Crippen LogP contribution < -0.4 is 11.1 Å². The summed E-state index contributed by atoms with van der Waals surface area (Å²) in [7, 11) is 0. The van der Waals surface area contributed by atoms with Crippen LogP contribution in [-0.2, 0) is 14.4 Å². The van der Waals surface area contributed by atoms with Crippen LogP contribution in [0.4, 0.5) is 0 Å². The van der Waals surface area contributed by atoms with Gasteiger partial charge < -0.3 is 52.5 Å². The number of rotatable bonds is 3. The Kier molecular flexibility index (Phi) is 23.9. The maximum absolute atomic E-state index is 11.3. The molecule has 0 aromatic heterocycles. The van der Waals surface area contributed by atoms with E-state index in [-0.39, 0.29) is 74.2 Å². The molecule has 0 amide bonds. The van der Waals surface area contributed by atoms with Gasteiger partial charge in [0, 0.05) is 91.4 Å². The average molecular weight is 1090 g/mol. The Bertz CT molecular complexity index is 1790. The van der Waals surface area contributed by atoms with Gasteiger partial charge in [-0.3, -0.25) is 9.59 Å². The molecule has 76 heavy (non-hydrogen) atoms. The first-order chi connectivity index (χ1) is 33.6. The summed E-state index contributed by atoms with van der Waals surface area (Å²) in [6.45, 7) is 47.2. The number of hydrogen-bond acceptors (Lipinski definition) is 18. The fourth-order valence-electron chi connectivity index (χ4n) is 13.5. The van der Waals surface area contributed by atoms with Crippen molar-refractivity contribution < 1.29 is 55.8 Å². The lowest BCUT2D eigenvalue weighted by molar-refractivity contribution is -0.257. The minimum absolute atomic E-state index is 0.0399. The molecular weight excluding hydrogens is 973 g/mol. The fourth-order valence-corrected chi connectivity index (χ4v) is 13.5. The van der Waals surface area contributed by atoms with Crippen LogP contribution >= 0.6 is 0 Å². The molecule has 0 spiro atoms. The van der Waals surface area contributed by atoms with Crippen molar-refractivity contribution in [2.45, 2.75) is 334 Å². The molecule has 0 atom stereocenters. The van der Waals surface area contributed by atoms with Gasteiger partial charge in [0.05, 0.1) is 18.2 Å². The average Bonchev–Trinajstić information content (AvgIpc) is 3.20. The molecule has 448 valence electrons. The van der Waals surface area contributed by atoms with Gasteiger partial charge in [-0.2, -0.15) is 30.4 Å². The van der Waals surface area contributed by atoms with Gasteiger partial charge in [-0.1, -0.05) is 0 Å². The Hall–Kier alpha value is -2.17. The number of aliphatic carboxylic acids is 1. The zero-order valence-corrected chi connectivity index (χ0v) is 52.1. The summed E-state index contributed by atoms with van der Waals surface area (Å²) in [4.78, 5) is 32.4. The summed E-state index contributed by atoms with van der Waals surface area (Å²) in [6.07, 6.45) is 10.8. The minimum Gasteiger partial charge on any atom is -0.481 e. The summed E-state index contributed by atoms with van der Waals surface area (Å²) in [5.74, 6) is 0.828. The van der Waals surface area contributed by atoms with E-state index in [1.165, 1.54) is 43.0 Å². The van der Waals surface area contributed by atoms with Gasteiger partial charge in [0.2, 0.25) is 0 Å². The summed E-state index contributed by atoms with van der Waals surface area (Å²) < 4.78 is 0. The standard InChI is InChI=1S/C11H20N2O2.C10H19NO3.C9H20N2O.C9H19NO2.C9H17NO2.C9H19NO/c1-10(2)7-9(12-5-6-14)8-11(3,4)13(10)15;1-9(2)5-7(8(12)13)6-10(3,4)11(9)14;1-8(2)5-7(10)6-9(3,4)11(8)12;2*1-8(2)5-7(11)6-9(3,4)10(8)12;1-8(2)6-5-7-9(3,4)10(8)11/h5,9,12,15H,7-8H2,1-4H3;7,14H,5-6H2,1-4H3,(H,12,13);7,12H,5-6,10H2,1-4H3;7,11-12H,5-6H2,1-4H3;12H,5-6H2,1-4H3;11H,5-7H2,1-4H3. The molecule has 11 N–H and O–H groups in total. The van der Waals surface area contributed by atoms with Crippen LogP contribution in [0.5, 0.6) is 0 Å². The molecule has 0 radical (unpaired) electrons. The first-order valence-electron chi connectivity index (χ1n) is 27.7. The van der Waals surface area contributed by atoms with Crippen molar-refractivity contribution in [2.75, 3.05) is 0 Å². The van der Waals surface area contributed by atoms with Crippen molar-refractivity contribution in [3.8, 4) is 0 Å². The Balaban J connectivity index is 0.000000457. The predicted octanol–water partition coefficient (Wildman–Crippen LogP) is 9.82. The van der Waals surface area contributed by atoms with Crippen molar-refractivity contribution in [3.05, 3.63) is 6.20 Å². The van der Waals surface area contributed by atoms with Crippen molar-refractivity contribution in [1.29, 1.82) is 0 Å². The first kappa shape index (κ1) is 71.8. The van der Waals surface area contributed by atoms with Gasteiger partial charge >= 0.3 is 5.97 Å². The number of carboxylic acids is 1. The number of ketones is 1. The van der Waals surface area contributed by atoms with Crippen LogP contribution in [0.3, 0.4) is 0 Å². The topological polar surface area (TPSA) is 271 Å². The van der Waals surface area contributed by atoms with Crippen LogP contribution in [0.2, 0.25) is 0 Å². The monoisotopic (exact) mass is 1090 g/mol. The lowest BCUT2D eigenvalue weighted by Gasteiger charge is -2.51. The van der Waals surface area contributed by atoms with Gasteiger partial charge in [0.15, 0.2) is 0 Å². The Labute approximate surface area is 459 Å². The Morgan fingerprint density at radius 2 is 0.737 bits per heavy atom. The van der Waals surface area contributed by atoms with Crippen LogP contribution in [0.1, 0.15) is 250 Å². The van der Waals surface area contributed by atoms with E-state index in [9.17, 15) is 50.7 Å². The molecule has 0 aliphatic carbocycles. The number of carboxylic acid groups (broad SMARTS) is 1. The highest BCUT2D eigenvalue weighted by Crippen LogP contribution is 2.42.